The molecule has 2 aromatic rings. The molecule has 2 aliphatic rings. The van der Waals surface area contributed by atoms with E-state index in [1.165, 1.54) is 10.6 Å². The predicted octanol–water partition coefficient (Wildman–Crippen LogP) is 3.77. The van der Waals surface area contributed by atoms with E-state index < -0.39 is 16.9 Å². The minimum Gasteiger partial charge on any atom is -0.378 e. The van der Waals surface area contributed by atoms with Crippen molar-refractivity contribution in [2.75, 3.05) is 0 Å². The Labute approximate surface area is 175 Å². The van der Waals surface area contributed by atoms with Gasteiger partial charge in [-0.05, 0) is 49.7 Å². The second-order valence-corrected chi connectivity index (χ2v) is 9.56. The molecule has 29 heavy (non-hydrogen) atoms. The Kier molecular flexibility index (Phi) is 5.65. The molecular formula is C23H26N2O3S. The molecule has 4 rings (SSSR count). The van der Waals surface area contributed by atoms with Crippen LogP contribution in [0.5, 0.6) is 0 Å². The van der Waals surface area contributed by atoms with Crippen molar-refractivity contribution in [3.63, 3.8) is 0 Å². The van der Waals surface area contributed by atoms with E-state index >= 15 is 0 Å². The van der Waals surface area contributed by atoms with Crippen LogP contribution in [0.25, 0.3) is 0 Å². The number of aliphatic hydroxyl groups is 1. The molecule has 1 spiro atoms. The van der Waals surface area contributed by atoms with Crippen LogP contribution in [-0.4, -0.2) is 32.1 Å². The van der Waals surface area contributed by atoms with E-state index in [1.54, 1.807) is 36.0 Å². The molecule has 2 N–H and O–H groups in total. The molecule has 0 bridgehead atoms. The first kappa shape index (κ1) is 20.0. The molecule has 0 radical (unpaired) electrons. The third kappa shape index (κ3) is 3.91. The highest BCUT2D eigenvalue weighted by atomic mass is 32.2. The summed E-state index contributed by atoms with van der Waals surface area (Å²) in [5, 5.41) is 11.7. The van der Waals surface area contributed by atoms with Gasteiger partial charge < -0.3 is 5.11 Å². The molecular weight excluding hydrogens is 384 g/mol. The lowest BCUT2D eigenvalue weighted by atomic mass is 9.81. The fourth-order valence-electron chi connectivity index (χ4n) is 4.40. The van der Waals surface area contributed by atoms with E-state index in [0.717, 1.165) is 25.7 Å². The second kappa shape index (κ2) is 8.20. The van der Waals surface area contributed by atoms with Gasteiger partial charge in [-0.25, -0.2) is 5.01 Å². The lowest BCUT2D eigenvalue weighted by Crippen LogP contribution is -2.56. The molecule has 1 saturated heterocycles. The molecule has 1 saturated carbocycles. The number of nitrogens with zero attached hydrogens (tertiary/aromatic N) is 1. The van der Waals surface area contributed by atoms with E-state index in [9.17, 15) is 14.7 Å². The molecule has 6 heteroatoms. The van der Waals surface area contributed by atoms with Gasteiger partial charge in [-0.1, -0.05) is 60.7 Å². The summed E-state index contributed by atoms with van der Waals surface area (Å²) in [6.07, 6.45) is 2.25. The topological polar surface area (TPSA) is 69.6 Å². The summed E-state index contributed by atoms with van der Waals surface area (Å²) in [7, 11) is 0. The first-order chi connectivity index (χ1) is 14.0. The summed E-state index contributed by atoms with van der Waals surface area (Å²) in [5.74, 6) is -0.188. The van der Waals surface area contributed by atoms with E-state index in [1.807, 2.05) is 19.1 Å². The maximum Gasteiger partial charge on any atom is 0.272 e. The average molecular weight is 411 g/mol. The molecule has 5 nitrogen and oxygen atoms in total. The molecule has 2 amide bonds. The fourth-order valence-corrected chi connectivity index (χ4v) is 5.98. The minimum absolute atomic E-state index is 0.0956. The Bertz CT molecular complexity index is 866. The quantitative estimate of drug-likeness (QED) is 0.805. The maximum atomic E-state index is 12.8. The van der Waals surface area contributed by atoms with Gasteiger partial charge in [-0.3, -0.25) is 15.0 Å². The van der Waals surface area contributed by atoms with Crippen LogP contribution < -0.4 is 5.43 Å². The Morgan fingerprint density at radius 3 is 2.31 bits per heavy atom. The van der Waals surface area contributed by atoms with E-state index in [0.29, 0.717) is 11.5 Å². The van der Waals surface area contributed by atoms with Crippen LogP contribution in [0, 0.1) is 0 Å². The zero-order chi connectivity index (χ0) is 20.4. The summed E-state index contributed by atoms with van der Waals surface area (Å²) in [6, 6.07) is 19.3. The van der Waals surface area contributed by atoms with Crippen LogP contribution >= 0.6 is 11.8 Å². The normalized spacial score (nSPS) is 27.8. The summed E-state index contributed by atoms with van der Waals surface area (Å²) in [4.78, 5) is 25.1. The van der Waals surface area contributed by atoms with Gasteiger partial charge in [0.2, 0.25) is 0 Å². The molecule has 2 fully saturated rings. The number of hydrogen-bond acceptors (Lipinski definition) is 4. The van der Waals surface area contributed by atoms with Crippen molar-refractivity contribution in [1.82, 2.24) is 10.4 Å². The van der Waals surface area contributed by atoms with Crippen LogP contribution in [0.3, 0.4) is 0 Å². The van der Waals surface area contributed by atoms with Crippen molar-refractivity contribution < 1.29 is 14.7 Å². The SMILES string of the molecule is CC1SC2(CCC(c3ccccc3)CC2)N(NC(=O)C(O)c2ccccc2)C1=O. The van der Waals surface area contributed by atoms with Crippen LogP contribution in [0.15, 0.2) is 60.7 Å². The Morgan fingerprint density at radius 2 is 1.69 bits per heavy atom. The summed E-state index contributed by atoms with van der Waals surface area (Å²) in [6.45, 7) is 1.89. The minimum atomic E-state index is -1.30. The standard InChI is InChI=1S/C23H26N2O3S/c1-16-22(28)25(24-21(27)20(26)19-10-6-3-7-11-19)23(29-16)14-12-18(13-15-23)17-8-4-2-5-9-17/h2-11,16,18,20,26H,12-15H2,1H3,(H,24,27). The highest BCUT2D eigenvalue weighted by molar-refractivity contribution is 8.02. The Balaban J connectivity index is 1.48. The summed E-state index contributed by atoms with van der Waals surface area (Å²) >= 11 is 1.63. The zero-order valence-electron chi connectivity index (χ0n) is 16.5. The number of thioether (sulfide) groups is 1. The molecule has 0 aromatic heterocycles. The fraction of sp³-hybridized carbons (Fsp3) is 0.391. The average Bonchev–Trinajstić information content (AvgIpc) is 2.99. The number of aliphatic hydroxyl groups excluding tert-OH is 1. The van der Waals surface area contributed by atoms with Gasteiger partial charge in [0, 0.05) is 0 Å². The maximum absolute atomic E-state index is 12.8. The number of amides is 2. The Morgan fingerprint density at radius 1 is 1.10 bits per heavy atom. The third-order valence-corrected chi connectivity index (χ3v) is 7.58. The van der Waals surface area contributed by atoms with Crippen LogP contribution in [-0.2, 0) is 9.59 Å². The smallest absolute Gasteiger partial charge is 0.272 e. The van der Waals surface area contributed by atoms with Gasteiger partial charge in [0.1, 0.15) is 4.87 Å². The largest absolute Gasteiger partial charge is 0.378 e. The number of benzene rings is 2. The number of rotatable bonds is 4. The molecule has 1 heterocycles. The monoisotopic (exact) mass is 410 g/mol. The number of carbonyl (C=O) groups excluding carboxylic acids is 2. The Hall–Kier alpha value is -2.31. The predicted molar refractivity (Wildman–Crippen MR) is 114 cm³/mol. The molecule has 2 atom stereocenters. The lowest BCUT2D eigenvalue weighted by Gasteiger charge is -2.42. The highest BCUT2D eigenvalue weighted by Gasteiger charge is 2.52. The highest BCUT2D eigenvalue weighted by Crippen LogP contribution is 2.52. The third-order valence-electron chi connectivity index (χ3n) is 6.00. The first-order valence-electron chi connectivity index (χ1n) is 10.1. The molecule has 152 valence electrons. The van der Waals surface area contributed by atoms with Crippen molar-refractivity contribution in [2.45, 2.75) is 54.7 Å². The van der Waals surface area contributed by atoms with E-state index in [-0.39, 0.29) is 11.2 Å². The van der Waals surface area contributed by atoms with Crippen molar-refractivity contribution >= 4 is 23.6 Å². The molecule has 1 aliphatic carbocycles. The number of nitrogens with one attached hydrogen (secondary N) is 1. The van der Waals surface area contributed by atoms with E-state index in [2.05, 4.69) is 29.7 Å². The van der Waals surface area contributed by atoms with Crippen molar-refractivity contribution in [2.24, 2.45) is 0 Å². The molecule has 1 aliphatic heterocycles. The zero-order valence-corrected chi connectivity index (χ0v) is 17.3. The number of hydrazine groups is 1. The second-order valence-electron chi connectivity index (χ2n) is 7.85. The summed E-state index contributed by atoms with van der Waals surface area (Å²) in [5.41, 5.74) is 4.59. The number of hydrogen-bond donors (Lipinski definition) is 2. The first-order valence-corrected chi connectivity index (χ1v) is 11.0. The van der Waals surface area contributed by atoms with Crippen molar-refractivity contribution in [3.05, 3.63) is 71.8 Å². The van der Waals surface area contributed by atoms with Gasteiger partial charge in [-0.2, -0.15) is 0 Å². The van der Waals surface area contributed by atoms with Crippen molar-refractivity contribution in [3.8, 4) is 0 Å². The van der Waals surface area contributed by atoms with Crippen LogP contribution in [0.4, 0.5) is 0 Å². The van der Waals surface area contributed by atoms with Gasteiger partial charge >= 0.3 is 0 Å². The number of carbonyl (C=O) groups is 2. The van der Waals surface area contributed by atoms with Gasteiger partial charge in [0.15, 0.2) is 6.10 Å². The van der Waals surface area contributed by atoms with Crippen LogP contribution in [0.2, 0.25) is 0 Å². The van der Waals surface area contributed by atoms with E-state index in [4.69, 9.17) is 0 Å². The van der Waals surface area contributed by atoms with Gasteiger partial charge in [-0.15, -0.1) is 11.8 Å². The van der Waals surface area contributed by atoms with Gasteiger partial charge in [0.25, 0.3) is 11.8 Å². The lowest BCUT2D eigenvalue weighted by molar-refractivity contribution is -0.148. The van der Waals surface area contributed by atoms with Gasteiger partial charge in [0.05, 0.1) is 5.25 Å². The van der Waals surface area contributed by atoms with Crippen molar-refractivity contribution in [1.29, 1.82) is 0 Å². The van der Waals surface area contributed by atoms with Crippen LogP contribution in [0.1, 0.15) is 55.8 Å². The molecule has 2 aromatic carbocycles. The molecule has 2 unspecified atom stereocenters. The summed E-state index contributed by atoms with van der Waals surface area (Å²) < 4.78 is 0.